The van der Waals surface area contributed by atoms with Gasteiger partial charge >= 0.3 is 5.97 Å². The third-order valence-electron chi connectivity index (χ3n) is 3.69. The molecule has 0 bridgehead atoms. The molecule has 0 heterocycles. The summed E-state index contributed by atoms with van der Waals surface area (Å²) in [7, 11) is 0. The van der Waals surface area contributed by atoms with Crippen molar-refractivity contribution in [2.24, 2.45) is 0 Å². The van der Waals surface area contributed by atoms with Gasteiger partial charge in [-0.1, -0.05) is 26.0 Å². The molecule has 0 spiro atoms. The number of hydrogen-bond acceptors (Lipinski definition) is 2. The Hall–Kier alpha value is -2.44. The van der Waals surface area contributed by atoms with Gasteiger partial charge in [0.1, 0.15) is 0 Å². The van der Waals surface area contributed by atoms with Gasteiger partial charge in [-0.15, -0.1) is 0 Å². The zero-order valence-corrected chi connectivity index (χ0v) is 12.8. The summed E-state index contributed by atoms with van der Waals surface area (Å²) in [6.45, 7) is 3.96. The van der Waals surface area contributed by atoms with Gasteiger partial charge in [-0.25, -0.2) is 18.0 Å². The lowest BCUT2D eigenvalue weighted by Gasteiger charge is -2.11. The minimum absolute atomic E-state index is 0.0778. The summed E-state index contributed by atoms with van der Waals surface area (Å²) in [4.78, 5) is 11.9. The molecular weight excluding hydrogens is 331 g/mol. The lowest BCUT2D eigenvalue weighted by atomic mass is 9.98. The first-order valence-corrected chi connectivity index (χ1v) is 7.11. The molecule has 0 saturated carbocycles. The number of halogens is 5. The first-order chi connectivity index (χ1) is 11.3. The Kier molecular flexibility index (Phi) is 5.21. The highest BCUT2D eigenvalue weighted by Crippen LogP contribution is 2.30. The topological polar surface area (TPSA) is 26.3 Å². The molecule has 0 aliphatic heterocycles. The number of rotatable bonds is 4. The van der Waals surface area contributed by atoms with Crippen molar-refractivity contribution in [2.75, 3.05) is 0 Å². The summed E-state index contributed by atoms with van der Waals surface area (Å²) < 4.78 is 70.5. The fraction of sp³-hybridized carbons (Fsp3) is 0.235. The molecule has 0 saturated heterocycles. The Labute approximate surface area is 134 Å². The SMILES string of the molecule is CCC(C)c1ccc(C(=O)Oc2c(F)c(F)c(F)c(F)c2F)cc1. The highest BCUT2D eigenvalue weighted by molar-refractivity contribution is 5.91. The van der Waals surface area contributed by atoms with E-state index in [0.29, 0.717) is 0 Å². The molecule has 2 nitrogen and oxygen atoms in total. The van der Waals surface area contributed by atoms with E-state index in [1.807, 2.05) is 13.8 Å². The molecule has 2 aromatic carbocycles. The van der Waals surface area contributed by atoms with Crippen LogP contribution in [0.25, 0.3) is 0 Å². The third kappa shape index (κ3) is 3.25. The number of esters is 1. The van der Waals surface area contributed by atoms with E-state index in [4.69, 9.17) is 0 Å². The molecule has 0 fully saturated rings. The maximum absolute atomic E-state index is 13.5. The quantitative estimate of drug-likeness (QED) is 0.253. The van der Waals surface area contributed by atoms with Crippen LogP contribution >= 0.6 is 0 Å². The second-order valence-electron chi connectivity index (χ2n) is 5.22. The van der Waals surface area contributed by atoms with Crippen LogP contribution in [0.3, 0.4) is 0 Å². The van der Waals surface area contributed by atoms with Crippen molar-refractivity contribution >= 4 is 5.97 Å². The number of hydrogen-bond donors (Lipinski definition) is 0. The van der Waals surface area contributed by atoms with Crippen molar-refractivity contribution in [2.45, 2.75) is 26.2 Å². The van der Waals surface area contributed by atoms with Gasteiger partial charge in [-0.3, -0.25) is 0 Å². The molecule has 24 heavy (non-hydrogen) atoms. The maximum Gasteiger partial charge on any atom is 0.343 e. The molecule has 128 valence electrons. The number of benzene rings is 2. The van der Waals surface area contributed by atoms with Crippen molar-refractivity contribution in [3.63, 3.8) is 0 Å². The van der Waals surface area contributed by atoms with Gasteiger partial charge in [0.05, 0.1) is 5.56 Å². The lowest BCUT2D eigenvalue weighted by molar-refractivity contribution is 0.0716. The van der Waals surface area contributed by atoms with Crippen LogP contribution in [0.5, 0.6) is 5.75 Å². The van der Waals surface area contributed by atoms with Crippen LogP contribution in [-0.4, -0.2) is 5.97 Å². The molecule has 0 amide bonds. The van der Waals surface area contributed by atoms with Crippen molar-refractivity contribution < 1.29 is 31.5 Å². The van der Waals surface area contributed by atoms with E-state index in [-0.39, 0.29) is 11.5 Å². The monoisotopic (exact) mass is 344 g/mol. The van der Waals surface area contributed by atoms with Gasteiger partial charge in [0.15, 0.2) is 0 Å². The summed E-state index contributed by atoms with van der Waals surface area (Å²) in [5.74, 6) is -13.7. The molecule has 7 heteroatoms. The molecule has 1 unspecified atom stereocenters. The molecule has 2 rings (SSSR count). The number of carbonyl (C=O) groups excluding carboxylic acids is 1. The van der Waals surface area contributed by atoms with E-state index in [0.717, 1.165) is 12.0 Å². The predicted molar refractivity (Wildman–Crippen MR) is 76.3 cm³/mol. The minimum atomic E-state index is -2.32. The second-order valence-corrected chi connectivity index (χ2v) is 5.22. The first-order valence-electron chi connectivity index (χ1n) is 7.11. The Morgan fingerprint density at radius 1 is 0.917 bits per heavy atom. The van der Waals surface area contributed by atoms with Crippen LogP contribution in [0.1, 0.15) is 42.1 Å². The minimum Gasteiger partial charge on any atom is -0.416 e. The van der Waals surface area contributed by atoms with E-state index in [1.54, 1.807) is 12.1 Å². The molecule has 2 aromatic rings. The number of carbonyl (C=O) groups is 1. The van der Waals surface area contributed by atoms with Crippen LogP contribution in [-0.2, 0) is 0 Å². The zero-order valence-electron chi connectivity index (χ0n) is 12.8. The summed E-state index contributed by atoms with van der Waals surface area (Å²) >= 11 is 0. The smallest absolute Gasteiger partial charge is 0.343 e. The molecule has 0 aromatic heterocycles. The fourth-order valence-corrected chi connectivity index (χ4v) is 2.01. The Morgan fingerprint density at radius 2 is 1.38 bits per heavy atom. The van der Waals surface area contributed by atoms with E-state index in [2.05, 4.69) is 4.74 Å². The van der Waals surface area contributed by atoms with E-state index in [1.165, 1.54) is 12.1 Å². The van der Waals surface area contributed by atoms with Crippen LogP contribution in [0.2, 0.25) is 0 Å². The third-order valence-corrected chi connectivity index (χ3v) is 3.69. The largest absolute Gasteiger partial charge is 0.416 e. The number of ether oxygens (including phenoxy) is 1. The predicted octanol–water partition coefficient (Wildman–Crippen LogP) is 5.11. The summed E-state index contributed by atoms with van der Waals surface area (Å²) in [5, 5.41) is 0. The Balaban J connectivity index is 2.31. The van der Waals surface area contributed by atoms with Crippen LogP contribution in [0.15, 0.2) is 24.3 Å². The summed E-state index contributed by atoms with van der Waals surface area (Å²) in [5.41, 5.74) is 0.858. The van der Waals surface area contributed by atoms with Gasteiger partial charge in [-0.05, 0) is 30.0 Å². The molecule has 1 atom stereocenters. The zero-order chi connectivity index (χ0) is 18.0. The molecule has 0 N–H and O–H groups in total. The van der Waals surface area contributed by atoms with E-state index >= 15 is 0 Å². The van der Waals surface area contributed by atoms with Crippen LogP contribution < -0.4 is 4.74 Å². The molecule has 0 aliphatic rings. The van der Waals surface area contributed by atoms with Crippen LogP contribution in [0.4, 0.5) is 22.0 Å². The van der Waals surface area contributed by atoms with Gasteiger partial charge in [0, 0.05) is 0 Å². The Morgan fingerprint density at radius 3 is 1.83 bits per heavy atom. The van der Waals surface area contributed by atoms with Crippen molar-refractivity contribution in [3.05, 3.63) is 64.5 Å². The maximum atomic E-state index is 13.5. The highest BCUT2D eigenvalue weighted by atomic mass is 19.2. The fourth-order valence-electron chi connectivity index (χ4n) is 2.01. The normalized spacial score (nSPS) is 12.1. The highest BCUT2D eigenvalue weighted by Gasteiger charge is 2.28. The lowest BCUT2D eigenvalue weighted by Crippen LogP contribution is -2.13. The average Bonchev–Trinajstić information content (AvgIpc) is 2.61. The Bertz CT molecular complexity index is 743. The van der Waals surface area contributed by atoms with Crippen molar-refractivity contribution in [3.8, 4) is 5.75 Å². The van der Waals surface area contributed by atoms with E-state index in [9.17, 15) is 26.7 Å². The van der Waals surface area contributed by atoms with E-state index < -0.39 is 40.8 Å². The van der Waals surface area contributed by atoms with Gasteiger partial charge in [0.2, 0.25) is 34.8 Å². The van der Waals surface area contributed by atoms with Crippen molar-refractivity contribution in [1.82, 2.24) is 0 Å². The molecular formula is C17H13F5O2. The van der Waals surface area contributed by atoms with Gasteiger partial charge in [0.25, 0.3) is 0 Å². The first kappa shape index (κ1) is 17.9. The molecule has 0 aliphatic carbocycles. The van der Waals surface area contributed by atoms with Crippen molar-refractivity contribution in [1.29, 1.82) is 0 Å². The van der Waals surface area contributed by atoms with Gasteiger partial charge < -0.3 is 4.74 Å². The standard InChI is InChI=1S/C17H13F5O2/c1-3-8(2)9-4-6-10(7-5-9)17(23)24-16-14(21)12(19)11(18)13(20)15(16)22/h4-8H,3H2,1-2H3. The average molecular weight is 344 g/mol. The van der Waals surface area contributed by atoms with Crippen LogP contribution in [0, 0.1) is 29.1 Å². The second kappa shape index (κ2) is 6.98. The molecule has 0 radical (unpaired) electrons. The van der Waals surface area contributed by atoms with Gasteiger partial charge in [-0.2, -0.15) is 8.78 Å². The summed E-state index contributed by atoms with van der Waals surface area (Å²) in [6.07, 6.45) is 0.869. The summed E-state index contributed by atoms with van der Waals surface area (Å²) in [6, 6.07) is 5.97.